The van der Waals surface area contributed by atoms with Crippen molar-refractivity contribution in [2.24, 2.45) is 0 Å². The van der Waals surface area contributed by atoms with Gasteiger partial charge in [0.25, 0.3) is 5.69 Å². The minimum absolute atomic E-state index is 0.0369. The van der Waals surface area contributed by atoms with Crippen LogP contribution in [0.5, 0.6) is 17.2 Å². The third-order valence-electron chi connectivity index (χ3n) is 5.00. The number of aromatic nitrogens is 3. The summed E-state index contributed by atoms with van der Waals surface area (Å²) < 4.78 is 22.4. The molecule has 2 aromatic carbocycles. The van der Waals surface area contributed by atoms with Crippen LogP contribution in [0.25, 0.3) is 0 Å². The molecule has 1 aromatic heterocycles. The number of nitro benzene ring substituents is 1. The van der Waals surface area contributed by atoms with Crippen molar-refractivity contribution in [3.8, 4) is 17.2 Å². The highest BCUT2D eigenvalue weighted by Gasteiger charge is 2.33. The van der Waals surface area contributed by atoms with Gasteiger partial charge in [-0.2, -0.15) is 0 Å². The zero-order valence-corrected chi connectivity index (χ0v) is 20.5. The van der Waals surface area contributed by atoms with Gasteiger partial charge in [-0.05, 0) is 38.5 Å². The number of nitrogens with zero attached hydrogens (tertiary/aromatic N) is 4. The number of benzene rings is 2. The minimum atomic E-state index is -0.887. The van der Waals surface area contributed by atoms with Crippen molar-refractivity contribution in [2.75, 3.05) is 20.8 Å². The van der Waals surface area contributed by atoms with Gasteiger partial charge in [0.2, 0.25) is 5.78 Å². The summed E-state index contributed by atoms with van der Waals surface area (Å²) in [6.45, 7) is 5.25. The molecule has 0 spiro atoms. The predicted molar refractivity (Wildman–Crippen MR) is 127 cm³/mol. The number of esters is 1. The van der Waals surface area contributed by atoms with Gasteiger partial charge in [0, 0.05) is 6.07 Å². The van der Waals surface area contributed by atoms with E-state index in [-0.39, 0.29) is 47.7 Å². The summed E-state index contributed by atoms with van der Waals surface area (Å²) in [5.41, 5.74) is -0.737. The van der Waals surface area contributed by atoms with E-state index >= 15 is 0 Å². The van der Waals surface area contributed by atoms with Gasteiger partial charge in [-0.15, -0.1) is 5.10 Å². The maximum absolute atomic E-state index is 13.5. The molecular formula is C24H26N4O8. The molecule has 12 nitrogen and oxygen atoms in total. The number of ether oxygens (including phenoxy) is 4. The van der Waals surface area contributed by atoms with E-state index in [1.807, 2.05) is 0 Å². The van der Waals surface area contributed by atoms with Gasteiger partial charge < -0.3 is 18.9 Å². The van der Waals surface area contributed by atoms with Crippen LogP contribution in [0.2, 0.25) is 0 Å². The lowest BCUT2D eigenvalue weighted by molar-refractivity contribution is -0.385. The fourth-order valence-electron chi connectivity index (χ4n) is 3.40. The van der Waals surface area contributed by atoms with Crippen molar-refractivity contribution in [1.29, 1.82) is 0 Å². The number of hydrogen-bond donors (Lipinski definition) is 0. The van der Waals surface area contributed by atoms with E-state index in [0.717, 1.165) is 11.6 Å². The van der Waals surface area contributed by atoms with E-state index in [9.17, 15) is 19.7 Å². The first-order valence-electron chi connectivity index (χ1n) is 11.0. The molecule has 3 rings (SSSR count). The highest BCUT2D eigenvalue weighted by molar-refractivity contribution is 6.14. The fourth-order valence-corrected chi connectivity index (χ4v) is 3.40. The first-order valence-corrected chi connectivity index (χ1v) is 11.0. The van der Waals surface area contributed by atoms with Crippen LogP contribution < -0.4 is 14.2 Å². The third-order valence-corrected chi connectivity index (χ3v) is 5.00. The number of hydrogen-bond acceptors (Lipinski definition) is 10. The van der Waals surface area contributed by atoms with E-state index in [4.69, 9.17) is 18.9 Å². The number of carbonyl (C=O) groups excluding carboxylic acids is 2. The number of ketones is 1. The van der Waals surface area contributed by atoms with Gasteiger partial charge in [-0.1, -0.05) is 17.3 Å². The molecule has 0 N–H and O–H groups in total. The van der Waals surface area contributed by atoms with E-state index in [1.165, 1.54) is 17.9 Å². The monoisotopic (exact) mass is 498 g/mol. The van der Waals surface area contributed by atoms with Gasteiger partial charge in [-0.3, -0.25) is 14.9 Å². The van der Waals surface area contributed by atoms with Crippen molar-refractivity contribution in [3.05, 3.63) is 69.0 Å². The smallest absolute Gasteiger partial charge is 0.359 e. The Labute approximate surface area is 206 Å². The molecule has 0 bridgehead atoms. The van der Waals surface area contributed by atoms with Crippen LogP contribution in [-0.4, -0.2) is 58.6 Å². The topological polar surface area (TPSA) is 145 Å². The zero-order chi connectivity index (χ0) is 26.4. The minimum Gasteiger partial charge on any atom is -0.497 e. The molecule has 0 aliphatic heterocycles. The lowest BCUT2D eigenvalue weighted by atomic mass is 10.0. The Hall–Kier alpha value is -4.48. The molecule has 0 aliphatic rings. The summed E-state index contributed by atoms with van der Waals surface area (Å²) in [7, 11) is 2.87. The Bertz CT molecular complexity index is 1270. The summed E-state index contributed by atoms with van der Waals surface area (Å²) in [6, 6.07) is 9.30. The number of carbonyl (C=O) groups is 2. The van der Waals surface area contributed by atoms with Crippen LogP contribution in [0.1, 0.15) is 52.9 Å². The van der Waals surface area contributed by atoms with Crippen LogP contribution in [0.15, 0.2) is 36.4 Å². The van der Waals surface area contributed by atoms with Crippen LogP contribution in [-0.2, 0) is 11.3 Å². The average molecular weight is 498 g/mol. The first kappa shape index (κ1) is 26.1. The Morgan fingerprint density at radius 3 is 2.33 bits per heavy atom. The Morgan fingerprint density at radius 1 is 1.08 bits per heavy atom. The number of rotatable bonds is 11. The molecule has 0 radical (unpaired) electrons. The average Bonchev–Trinajstić information content (AvgIpc) is 3.27. The van der Waals surface area contributed by atoms with E-state index in [1.54, 1.807) is 52.1 Å². The Balaban J connectivity index is 2.12. The van der Waals surface area contributed by atoms with Crippen molar-refractivity contribution in [3.63, 3.8) is 0 Å². The SMILES string of the molecule is CCOC(=O)c1c(C(=O)c2cc(OC(C)C)c(OC)cc2[N+](=O)[O-])nnn1Cc1ccc(OC)cc1. The maximum atomic E-state index is 13.5. The third kappa shape index (κ3) is 5.59. The molecule has 0 aliphatic carbocycles. The van der Waals surface area contributed by atoms with Gasteiger partial charge in [-0.25, -0.2) is 9.48 Å². The summed E-state index contributed by atoms with van der Waals surface area (Å²) >= 11 is 0. The van der Waals surface area contributed by atoms with Crippen LogP contribution >= 0.6 is 0 Å². The van der Waals surface area contributed by atoms with E-state index < -0.39 is 22.4 Å². The van der Waals surface area contributed by atoms with Crippen LogP contribution in [0.4, 0.5) is 5.69 Å². The number of nitro groups is 1. The largest absolute Gasteiger partial charge is 0.497 e. The molecule has 12 heteroatoms. The fraction of sp³-hybridized carbons (Fsp3) is 0.333. The van der Waals surface area contributed by atoms with Gasteiger partial charge in [0.05, 0.1) is 44.5 Å². The van der Waals surface area contributed by atoms with Gasteiger partial charge in [0.15, 0.2) is 22.9 Å². The second-order valence-electron chi connectivity index (χ2n) is 7.79. The van der Waals surface area contributed by atoms with Gasteiger partial charge in [0.1, 0.15) is 11.3 Å². The molecule has 0 atom stereocenters. The quantitative estimate of drug-likeness (QED) is 0.167. The van der Waals surface area contributed by atoms with Crippen molar-refractivity contribution in [2.45, 2.75) is 33.4 Å². The molecule has 0 saturated carbocycles. The summed E-state index contributed by atoms with van der Waals surface area (Å²) in [5, 5.41) is 19.7. The molecular weight excluding hydrogens is 472 g/mol. The molecule has 1 heterocycles. The molecule has 0 fully saturated rings. The highest BCUT2D eigenvalue weighted by atomic mass is 16.6. The molecule has 0 amide bonds. The zero-order valence-electron chi connectivity index (χ0n) is 20.5. The Morgan fingerprint density at radius 2 is 1.78 bits per heavy atom. The molecule has 0 unspecified atom stereocenters. The lowest BCUT2D eigenvalue weighted by Gasteiger charge is -2.14. The lowest BCUT2D eigenvalue weighted by Crippen LogP contribution is -2.18. The maximum Gasteiger partial charge on any atom is 0.359 e. The second kappa shape index (κ2) is 11.3. The summed E-state index contributed by atoms with van der Waals surface area (Å²) in [4.78, 5) is 37.5. The summed E-state index contributed by atoms with van der Waals surface area (Å²) in [6.07, 6.45) is -0.302. The molecule has 190 valence electrons. The van der Waals surface area contributed by atoms with E-state index in [0.29, 0.717) is 5.75 Å². The highest BCUT2D eigenvalue weighted by Crippen LogP contribution is 2.36. The van der Waals surface area contributed by atoms with E-state index in [2.05, 4.69) is 10.3 Å². The van der Waals surface area contributed by atoms with Crippen molar-refractivity contribution >= 4 is 17.4 Å². The second-order valence-corrected chi connectivity index (χ2v) is 7.79. The van der Waals surface area contributed by atoms with Crippen LogP contribution in [0, 0.1) is 10.1 Å². The van der Waals surface area contributed by atoms with Crippen LogP contribution in [0.3, 0.4) is 0 Å². The van der Waals surface area contributed by atoms with Gasteiger partial charge >= 0.3 is 5.97 Å². The molecule has 0 saturated heterocycles. The number of methoxy groups -OCH3 is 2. The molecule has 3 aromatic rings. The molecule has 36 heavy (non-hydrogen) atoms. The normalized spacial score (nSPS) is 10.7. The van der Waals surface area contributed by atoms with Crippen molar-refractivity contribution in [1.82, 2.24) is 15.0 Å². The predicted octanol–water partition coefficient (Wildman–Crippen LogP) is 3.45. The Kier molecular flexibility index (Phi) is 8.20. The van der Waals surface area contributed by atoms with Crippen molar-refractivity contribution < 1.29 is 33.5 Å². The first-order chi connectivity index (χ1) is 17.2. The summed E-state index contributed by atoms with van der Waals surface area (Å²) in [5.74, 6) is -0.869. The standard InChI is InChI=1S/C24H26N4O8/c1-6-35-24(30)22-21(25-26-27(22)13-15-7-9-16(33-4)10-8-15)23(29)17-11-20(36-14(2)3)19(34-5)12-18(17)28(31)32/h7-12,14H,6,13H2,1-5H3.